The molecule has 276 valence electrons. The van der Waals surface area contributed by atoms with E-state index in [1.807, 2.05) is 0 Å². The van der Waals surface area contributed by atoms with Gasteiger partial charge in [0.05, 0.1) is 37.1 Å². The Balaban J connectivity index is 1.89. The third kappa shape index (κ3) is 10.0. The van der Waals surface area contributed by atoms with Crippen LogP contribution in [0.1, 0.15) is 29.8 Å². The molecule has 7 N–H and O–H groups in total. The second-order valence-corrected chi connectivity index (χ2v) is 15.2. The maximum Gasteiger partial charge on any atom is 0.338 e. The van der Waals surface area contributed by atoms with Gasteiger partial charge in [0, 0.05) is 5.56 Å². The Morgan fingerprint density at radius 3 is 1.96 bits per heavy atom. The Labute approximate surface area is 303 Å². The van der Waals surface area contributed by atoms with Crippen LogP contribution >= 0.6 is 23.2 Å². The van der Waals surface area contributed by atoms with E-state index in [-0.39, 0.29) is 22.3 Å². The smallest absolute Gasteiger partial charge is 0.338 e. The van der Waals surface area contributed by atoms with Crippen LogP contribution in [0.5, 0.6) is 11.8 Å². The minimum absolute atomic E-state index is 0.247. The zero-order valence-corrected chi connectivity index (χ0v) is 29.8. The fraction of sp³-hybridized carbons (Fsp3) is 0.115. The molecule has 0 radical (unpaired) electrons. The number of nitrogens with one attached hydrogen (secondary N) is 2. The molecule has 0 aliphatic heterocycles. The van der Waals surface area contributed by atoms with Crippen molar-refractivity contribution in [3.63, 3.8) is 0 Å². The number of carbonyl (C=O) groups is 1. The molecule has 0 fully saturated rings. The normalized spacial score (nSPS) is 12.7. The van der Waals surface area contributed by atoms with Crippen LogP contribution < -0.4 is 15.5 Å². The van der Waals surface area contributed by atoms with Crippen molar-refractivity contribution < 1.29 is 58.7 Å². The Morgan fingerprint density at radius 2 is 1.38 bits per heavy atom. The highest BCUT2D eigenvalue weighted by Gasteiger charge is 2.22. The van der Waals surface area contributed by atoms with Crippen LogP contribution in [0.25, 0.3) is 0 Å². The van der Waals surface area contributed by atoms with Gasteiger partial charge in [-0.05, 0) is 74.0 Å². The minimum Gasteiger partial charge on any atom is -0.504 e. The van der Waals surface area contributed by atoms with Gasteiger partial charge >= 0.3 is 12.0 Å². The van der Waals surface area contributed by atoms with E-state index in [1.54, 1.807) is 13.8 Å². The van der Waals surface area contributed by atoms with Gasteiger partial charge in [-0.2, -0.15) is 45.3 Å². The van der Waals surface area contributed by atoms with Gasteiger partial charge in [-0.25, -0.2) is 4.79 Å². The van der Waals surface area contributed by atoms with Crippen molar-refractivity contribution in [1.29, 1.82) is 0 Å². The quantitative estimate of drug-likeness (QED) is 0.0260. The molecule has 52 heavy (non-hydrogen) atoms. The second kappa shape index (κ2) is 15.3. The number of rotatable bonds is 12. The van der Waals surface area contributed by atoms with Crippen LogP contribution in [0.2, 0.25) is 10.3 Å². The average molecular weight is 822 g/mol. The molecule has 0 saturated carbocycles. The SMILES string of the molecule is CC(C)Oc1nc(Cl)nc(Nc2cc(S(=O)(=O)O)cc(NN=C(N=Nc3ccc(S(=O)(=O)O)cc3C(=O)O)c3cc(S(=O)(=O)O)ccc3Cl)c2O)n1. The fourth-order valence-corrected chi connectivity index (χ4v) is 5.73. The summed E-state index contributed by atoms with van der Waals surface area (Å²) < 4.78 is 105. The number of ether oxygens (including phenoxy) is 1. The van der Waals surface area contributed by atoms with E-state index >= 15 is 0 Å². The number of phenolic OH excluding ortho intramolecular Hbond substituents is 1. The summed E-state index contributed by atoms with van der Waals surface area (Å²) in [7, 11) is -14.7. The topological polar surface area (TPSA) is 330 Å². The zero-order valence-electron chi connectivity index (χ0n) is 25.9. The van der Waals surface area contributed by atoms with E-state index in [9.17, 15) is 53.9 Å². The highest BCUT2D eigenvalue weighted by atomic mass is 35.5. The molecule has 0 unspecified atom stereocenters. The first-order chi connectivity index (χ1) is 24.0. The molecule has 0 aliphatic carbocycles. The van der Waals surface area contributed by atoms with Crippen molar-refractivity contribution in [1.82, 2.24) is 15.0 Å². The lowest BCUT2D eigenvalue weighted by Crippen LogP contribution is -2.11. The minimum atomic E-state index is -5.00. The van der Waals surface area contributed by atoms with E-state index in [1.165, 1.54) is 0 Å². The van der Waals surface area contributed by atoms with Crippen LogP contribution in [-0.4, -0.2) is 82.0 Å². The first-order valence-corrected chi connectivity index (χ1v) is 18.7. The second-order valence-electron chi connectivity index (χ2n) is 10.2. The molecule has 0 aliphatic rings. The number of azo groups is 1. The molecule has 0 saturated heterocycles. The van der Waals surface area contributed by atoms with Gasteiger partial charge in [-0.1, -0.05) is 11.6 Å². The highest BCUT2D eigenvalue weighted by molar-refractivity contribution is 7.86. The molecule has 1 aromatic heterocycles. The molecular weight excluding hydrogens is 799 g/mol. The number of amidine groups is 1. The summed E-state index contributed by atoms with van der Waals surface area (Å²) in [5.41, 5.74) is -0.503. The Kier molecular flexibility index (Phi) is 11.7. The number of hydrogen-bond acceptors (Lipinski definition) is 16. The standard InChI is InChI=1S/C26H22Cl2N8O13S3/c1-11(2)49-26-31-24(28)30-25(32-26)29-19-9-14(52(46,47)48)10-20(21(19)37)34-36-22(15-7-12(50(40,41)42)3-5-17(15)27)35-33-18-6-4-13(51(43,44)45)8-16(18)23(38)39/h3-11,34,37H,1-2H3,(H,38,39)(H,40,41,42)(H,43,44,45)(H,46,47,48)(H,29,30,31,32). The first kappa shape index (κ1) is 39.7. The van der Waals surface area contributed by atoms with Crippen molar-refractivity contribution >= 4 is 88.4 Å². The summed E-state index contributed by atoms with van der Waals surface area (Å²) >= 11 is 12.2. The van der Waals surface area contributed by atoms with Gasteiger partial charge in [0.2, 0.25) is 17.1 Å². The lowest BCUT2D eigenvalue weighted by molar-refractivity contribution is 0.0697. The number of aromatic hydroxyl groups is 1. The maximum atomic E-state index is 12.2. The predicted molar refractivity (Wildman–Crippen MR) is 181 cm³/mol. The number of phenols is 1. The average Bonchev–Trinajstić information content (AvgIpc) is 3.00. The molecule has 0 amide bonds. The number of anilines is 3. The van der Waals surface area contributed by atoms with Gasteiger partial charge in [-0.15, -0.1) is 10.2 Å². The molecule has 21 nitrogen and oxygen atoms in total. The number of carboxylic acid groups (broad SMARTS) is 1. The van der Waals surface area contributed by atoms with Crippen molar-refractivity contribution in [2.75, 3.05) is 10.7 Å². The number of aromatic carboxylic acids is 1. The molecule has 0 bridgehead atoms. The lowest BCUT2D eigenvalue weighted by atomic mass is 10.2. The van der Waals surface area contributed by atoms with Gasteiger partial charge in [0.1, 0.15) is 11.4 Å². The number of carboxylic acids is 1. The summed E-state index contributed by atoms with van der Waals surface area (Å²) in [4.78, 5) is 21.1. The van der Waals surface area contributed by atoms with Crippen LogP contribution in [0.15, 0.2) is 78.5 Å². The van der Waals surface area contributed by atoms with E-state index in [0.29, 0.717) is 12.1 Å². The third-order valence-corrected chi connectivity index (χ3v) is 9.09. The Bertz CT molecular complexity index is 2480. The first-order valence-electron chi connectivity index (χ1n) is 13.6. The number of hydrogen-bond donors (Lipinski definition) is 7. The van der Waals surface area contributed by atoms with Gasteiger partial charge in [0.15, 0.2) is 5.75 Å². The number of halogens is 2. The van der Waals surface area contributed by atoms with E-state index in [4.69, 9.17) is 27.9 Å². The molecule has 3 aromatic carbocycles. The summed E-state index contributed by atoms with van der Waals surface area (Å²) in [6, 6.07) is 6.13. The van der Waals surface area contributed by atoms with Gasteiger partial charge < -0.3 is 20.3 Å². The van der Waals surface area contributed by atoms with Crippen molar-refractivity contribution in [3.05, 3.63) is 70.0 Å². The maximum absolute atomic E-state index is 12.2. The summed E-state index contributed by atoms with van der Waals surface area (Å²) in [5.74, 6) is -3.58. The highest BCUT2D eigenvalue weighted by Crippen LogP contribution is 2.37. The summed E-state index contributed by atoms with van der Waals surface area (Å²) in [6.07, 6.45) is -0.402. The van der Waals surface area contributed by atoms with Crippen LogP contribution in [0.3, 0.4) is 0 Å². The molecular formula is C26H22Cl2N8O13S3. The molecule has 26 heteroatoms. The molecule has 4 aromatic rings. The Morgan fingerprint density at radius 1 is 0.808 bits per heavy atom. The van der Waals surface area contributed by atoms with E-state index < -0.39 is 96.9 Å². The molecule has 4 rings (SSSR count). The van der Waals surface area contributed by atoms with Crippen LogP contribution in [-0.2, 0) is 30.4 Å². The lowest BCUT2D eigenvalue weighted by Gasteiger charge is -2.14. The van der Waals surface area contributed by atoms with E-state index in [0.717, 1.165) is 36.4 Å². The number of hydrazone groups is 1. The number of aromatic nitrogens is 3. The molecule has 1 heterocycles. The predicted octanol–water partition coefficient (Wildman–Crippen LogP) is 4.41. The zero-order chi connectivity index (χ0) is 38.8. The van der Waals surface area contributed by atoms with Gasteiger partial charge in [0.25, 0.3) is 30.4 Å². The summed E-state index contributed by atoms with van der Waals surface area (Å²) in [5, 5.41) is 34.0. The molecule has 0 atom stereocenters. The monoisotopic (exact) mass is 820 g/mol. The Hall–Kier alpha value is -5.08. The van der Waals surface area contributed by atoms with Crippen molar-refractivity contribution in [3.8, 4) is 11.8 Å². The van der Waals surface area contributed by atoms with Gasteiger partial charge in [-0.3, -0.25) is 19.1 Å². The van der Waals surface area contributed by atoms with Crippen molar-refractivity contribution in [2.24, 2.45) is 15.3 Å². The van der Waals surface area contributed by atoms with Crippen LogP contribution in [0.4, 0.5) is 23.0 Å². The van der Waals surface area contributed by atoms with Crippen LogP contribution in [0, 0.1) is 0 Å². The summed E-state index contributed by atoms with van der Waals surface area (Å²) in [6.45, 7) is 3.32. The third-order valence-electron chi connectivity index (χ3n) is 6.06. The largest absolute Gasteiger partial charge is 0.504 e. The number of benzene rings is 3. The molecule has 0 spiro atoms. The fourth-order valence-electron chi connectivity index (χ4n) is 3.83. The van der Waals surface area contributed by atoms with Crippen molar-refractivity contribution in [2.45, 2.75) is 34.6 Å². The van der Waals surface area contributed by atoms with E-state index in [2.05, 4.69) is 41.0 Å². The number of nitrogens with zero attached hydrogens (tertiary/aromatic N) is 6.